The van der Waals surface area contributed by atoms with Crippen LogP contribution in [0, 0.1) is 0 Å². The molecular formula is C26H29N5O3S. The Hall–Kier alpha value is -3.27. The molecule has 1 aliphatic heterocycles. The molecule has 0 spiro atoms. The van der Waals surface area contributed by atoms with Crippen LogP contribution in [-0.2, 0) is 22.9 Å². The largest absolute Gasteiger partial charge is 0.496 e. The predicted octanol–water partition coefficient (Wildman–Crippen LogP) is 3.35. The summed E-state index contributed by atoms with van der Waals surface area (Å²) in [6, 6.07) is 17.2. The van der Waals surface area contributed by atoms with Gasteiger partial charge in [-0.25, -0.2) is 13.4 Å². The van der Waals surface area contributed by atoms with E-state index in [0.29, 0.717) is 30.1 Å². The van der Waals surface area contributed by atoms with E-state index < -0.39 is 10.0 Å². The lowest BCUT2D eigenvalue weighted by molar-refractivity contribution is 0.222. The van der Waals surface area contributed by atoms with E-state index in [2.05, 4.69) is 26.1 Å². The molecule has 0 atom stereocenters. The number of hydrogen-bond donors (Lipinski definition) is 1. The highest BCUT2D eigenvalue weighted by molar-refractivity contribution is 7.89. The summed E-state index contributed by atoms with van der Waals surface area (Å²) in [5.74, 6) is 0.766. The molecule has 0 radical (unpaired) electrons. The quantitative estimate of drug-likeness (QED) is 0.426. The van der Waals surface area contributed by atoms with Crippen molar-refractivity contribution in [2.24, 2.45) is 0 Å². The monoisotopic (exact) mass is 491 g/mol. The number of nitrogens with zero attached hydrogens (tertiary/aromatic N) is 4. The lowest BCUT2D eigenvalue weighted by Crippen LogP contribution is -2.47. The molecule has 0 bridgehead atoms. The van der Waals surface area contributed by atoms with Crippen molar-refractivity contribution >= 4 is 21.1 Å². The number of piperazine rings is 1. The summed E-state index contributed by atoms with van der Waals surface area (Å²) >= 11 is 0. The third-order valence-electron chi connectivity index (χ3n) is 6.54. The van der Waals surface area contributed by atoms with Gasteiger partial charge in [0.05, 0.1) is 17.7 Å². The van der Waals surface area contributed by atoms with E-state index in [1.165, 1.54) is 0 Å². The number of fused-ring (bicyclic) bond motifs is 1. The number of methoxy groups -OCH3 is 1. The number of likely N-dealkylation sites (N-methyl/N-ethyl adjacent to an activating group) is 1. The van der Waals surface area contributed by atoms with E-state index in [-0.39, 0.29) is 0 Å². The van der Waals surface area contributed by atoms with Crippen LogP contribution < -0.4 is 4.74 Å². The van der Waals surface area contributed by atoms with Crippen LogP contribution in [0.5, 0.6) is 5.75 Å². The van der Waals surface area contributed by atoms with Gasteiger partial charge in [0.2, 0.25) is 10.0 Å². The van der Waals surface area contributed by atoms with Gasteiger partial charge in [-0.15, -0.1) is 0 Å². The number of benzene rings is 2. The number of aromatic nitrogens is 3. The average molecular weight is 492 g/mol. The molecule has 9 heteroatoms. The molecule has 2 aromatic carbocycles. The van der Waals surface area contributed by atoms with Crippen molar-refractivity contribution in [1.82, 2.24) is 24.4 Å². The lowest BCUT2D eigenvalue weighted by Gasteiger charge is -2.31. The minimum Gasteiger partial charge on any atom is -0.496 e. The van der Waals surface area contributed by atoms with Gasteiger partial charge < -0.3 is 9.64 Å². The third kappa shape index (κ3) is 4.80. The smallest absolute Gasteiger partial charge is 0.243 e. The lowest BCUT2D eigenvalue weighted by atomic mass is 10.0. The van der Waals surface area contributed by atoms with Crippen LogP contribution in [0.1, 0.15) is 11.1 Å². The minimum atomic E-state index is -3.49. The van der Waals surface area contributed by atoms with Gasteiger partial charge in [0, 0.05) is 43.3 Å². The first-order valence-corrected chi connectivity index (χ1v) is 13.1. The number of pyridine rings is 1. The van der Waals surface area contributed by atoms with Crippen LogP contribution in [-0.4, -0.2) is 73.1 Å². The highest BCUT2D eigenvalue weighted by Gasteiger charge is 2.27. The van der Waals surface area contributed by atoms with Crippen LogP contribution in [0.3, 0.4) is 0 Å². The topological polar surface area (TPSA) is 91.4 Å². The molecule has 1 fully saturated rings. The summed E-state index contributed by atoms with van der Waals surface area (Å²) in [5, 5.41) is 8.38. The molecule has 0 aliphatic carbocycles. The normalized spacial score (nSPS) is 15.5. The second-order valence-corrected chi connectivity index (χ2v) is 10.8. The molecule has 8 nitrogen and oxygen atoms in total. The summed E-state index contributed by atoms with van der Waals surface area (Å²) in [4.78, 5) is 7.04. The maximum Gasteiger partial charge on any atom is 0.243 e. The van der Waals surface area contributed by atoms with Gasteiger partial charge in [-0.2, -0.15) is 9.40 Å². The van der Waals surface area contributed by atoms with Crippen molar-refractivity contribution in [2.45, 2.75) is 17.7 Å². The molecule has 2 aromatic heterocycles. The van der Waals surface area contributed by atoms with E-state index >= 15 is 0 Å². The molecule has 1 aliphatic rings. The van der Waals surface area contributed by atoms with Gasteiger partial charge >= 0.3 is 0 Å². The summed E-state index contributed by atoms with van der Waals surface area (Å²) in [5.41, 5.74) is 4.49. The maximum absolute atomic E-state index is 13.1. The van der Waals surface area contributed by atoms with Crippen molar-refractivity contribution in [1.29, 1.82) is 0 Å². The van der Waals surface area contributed by atoms with Gasteiger partial charge in [0.15, 0.2) is 5.65 Å². The van der Waals surface area contributed by atoms with Crippen LogP contribution in [0.15, 0.2) is 65.7 Å². The minimum absolute atomic E-state index is 0.362. The summed E-state index contributed by atoms with van der Waals surface area (Å²) in [6.07, 6.45) is 3.28. The summed E-state index contributed by atoms with van der Waals surface area (Å²) in [7, 11) is 0.180. The van der Waals surface area contributed by atoms with Crippen LogP contribution in [0.25, 0.3) is 22.3 Å². The number of para-hydroxylation sites is 1. The van der Waals surface area contributed by atoms with Gasteiger partial charge in [0.1, 0.15) is 5.75 Å². The van der Waals surface area contributed by atoms with Crippen LogP contribution >= 0.6 is 0 Å². The van der Waals surface area contributed by atoms with Crippen molar-refractivity contribution in [3.05, 3.63) is 71.9 Å². The summed E-state index contributed by atoms with van der Waals surface area (Å²) < 4.78 is 33.4. The zero-order valence-electron chi connectivity index (χ0n) is 19.9. The second-order valence-electron chi connectivity index (χ2n) is 8.87. The molecule has 3 heterocycles. The van der Waals surface area contributed by atoms with Gasteiger partial charge in [0.25, 0.3) is 0 Å². The Balaban J connectivity index is 1.35. The van der Waals surface area contributed by atoms with Crippen molar-refractivity contribution < 1.29 is 13.2 Å². The molecule has 35 heavy (non-hydrogen) atoms. The van der Waals surface area contributed by atoms with E-state index in [1.54, 1.807) is 23.5 Å². The fraction of sp³-hybridized carbons (Fsp3) is 0.308. The van der Waals surface area contributed by atoms with Gasteiger partial charge in [-0.3, -0.25) is 5.10 Å². The number of aromatic amines is 1. The van der Waals surface area contributed by atoms with E-state index in [1.807, 2.05) is 49.6 Å². The Morgan fingerprint density at radius 1 is 0.971 bits per heavy atom. The van der Waals surface area contributed by atoms with Crippen LogP contribution in [0.4, 0.5) is 0 Å². The molecule has 5 rings (SSSR count). The highest BCUT2D eigenvalue weighted by Crippen LogP contribution is 2.33. The molecule has 1 N–H and O–H groups in total. The van der Waals surface area contributed by atoms with E-state index in [0.717, 1.165) is 53.0 Å². The first kappa shape index (κ1) is 23.5. The fourth-order valence-electron chi connectivity index (χ4n) is 4.46. The standard InChI is InChI=1S/C26H29N5O3S/c1-30-12-14-31(15-13-30)35(32,33)21-7-5-6-19(16-21)10-11-20-17-23-25(28-29-26(23)27-18-20)22-8-3-4-9-24(22)34-2/h3-9,16-18H,10-15H2,1-2H3,(H,27,28,29). The molecule has 0 unspecified atom stereocenters. The number of hydrogen-bond acceptors (Lipinski definition) is 6. The Kier molecular flexibility index (Phi) is 6.55. The highest BCUT2D eigenvalue weighted by atomic mass is 32.2. The average Bonchev–Trinajstić information content (AvgIpc) is 3.31. The first-order valence-electron chi connectivity index (χ1n) is 11.7. The molecule has 0 amide bonds. The number of nitrogens with one attached hydrogen (secondary N) is 1. The molecule has 182 valence electrons. The molecule has 0 saturated carbocycles. The molecule has 1 saturated heterocycles. The number of H-pyrrole nitrogens is 1. The second kappa shape index (κ2) is 9.77. The van der Waals surface area contributed by atoms with Crippen molar-refractivity contribution in [2.75, 3.05) is 40.3 Å². The maximum atomic E-state index is 13.1. The molecular weight excluding hydrogens is 462 g/mol. The SMILES string of the molecule is COc1ccccc1-c1[nH]nc2ncc(CCc3cccc(S(=O)(=O)N4CCN(C)CC4)c3)cc12. The zero-order chi connectivity index (χ0) is 24.4. The number of aryl methyl sites for hydroxylation is 2. The van der Waals surface area contributed by atoms with Crippen LogP contribution in [0.2, 0.25) is 0 Å². The Labute approximate surface area is 205 Å². The molecule has 4 aromatic rings. The summed E-state index contributed by atoms with van der Waals surface area (Å²) in [6.45, 7) is 2.54. The van der Waals surface area contributed by atoms with Gasteiger partial charge in [-0.1, -0.05) is 24.3 Å². The number of rotatable bonds is 7. The number of ether oxygens (including phenoxy) is 1. The Morgan fingerprint density at radius 2 is 1.74 bits per heavy atom. The van der Waals surface area contributed by atoms with Crippen molar-refractivity contribution in [3.63, 3.8) is 0 Å². The zero-order valence-corrected chi connectivity index (χ0v) is 20.8. The van der Waals surface area contributed by atoms with E-state index in [4.69, 9.17) is 4.74 Å². The van der Waals surface area contributed by atoms with E-state index in [9.17, 15) is 8.42 Å². The Morgan fingerprint density at radius 3 is 2.54 bits per heavy atom. The van der Waals surface area contributed by atoms with Gasteiger partial charge in [-0.05, 0) is 61.3 Å². The third-order valence-corrected chi connectivity index (χ3v) is 8.44. The predicted molar refractivity (Wildman–Crippen MR) is 136 cm³/mol. The first-order chi connectivity index (χ1) is 17.0. The number of sulfonamides is 1. The fourth-order valence-corrected chi connectivity index (χ4v) is 5.96. The van der Waals surface area contributed by atoms with Crippen molar-refractivity contribution in [3.8, 4) is 17.0 Å². The Bertz CT molecular complexity index is 1440.